The maximum atomic E-state index is 10.9. The zero-order valence-electron chi connectivity index (χ0n) is 14.3. The molecule has 5 nitrogen and oxygen atoms in total. The summed E-state index contributed by atoms with van der Waals surface area (Å²) < 4.78 is 4.06. The van der Waals surface area contributed by atoms with Crippen molar-refractivity contribution in [2.24, 2.45) is 5.92 Å². The third-order valence-electron chi connectivity index (χ3n) is 3.75. The molecule has 136 valence electrons. The van der Waals surface area contributed by atoms with Crippen molar-refractivity contribution in [1.29, 1.82) is 0 Å². The highest BCUT2D eigenvalue weighted by atomic mass is 79.9. The Morgan fingerprint density at radius 2 is 1.88 bits per heavy atom. The molecule has 0 aliphatic heterocycles. The van der Waals surface area contributed by atoms with Crippen LogP contribution >= 0.6 is 15.9 Å². The summed E-state index contributed by atoms with van der Waals surface area (Å²) in [5.41, 5.74) is 1.34. The number of hydrogen-bond donors (Lipinski definition) is 2. The van der Waals surface area contributed by atoms with Crippen LogP contribution < -0.4 is 0 Å². The first kappa shape index (κ1) is 21.1. The number of allylic oxidation sites excluding steroid dienone is 2. The summed E-state index contributed by atoms with van der Waals surface area (Å²) in [4.78, 5) is 21.7. The van der Waals surface area contributed by atoms with Crippen molar-refractivity contribution >= 4 is 27.9 Å². The van der Waals surface area contributed by atoms with Gasteiger partial charge in [0.1, 0.15) is 4.32 Å². The minimum absolute atomic E-state index is 0.0896. The summed E-state index contributed by atoms with van der Waals surface area (Å²) in [6.07, 6.45) is 5.38. The maximum Gasteiger partial charge on any atom is 0.331 e. The second-order valence-corrected chi connectivity index (χ2v) is 6.93. The van der Waals surface area contributed by atoms with E-state index in [4.69, 9.17) is 14.9 Å². The van der Waals surface area contributed by atoms with E-state index in [-0.39, 0.29) is 5.57 Å². The third-order valence-corrected chi connectivity index (χ3v) is 5.04. The first-order valence-corrected chi connectivity index (χ1v) is 8.78. The zero-order valence-corrected chi connectivity index (χ0v) is 15.9. The van der Waals surface area contributed by atoms with Gasteiger partial charge in [-0.2, -0.15) is 0 Å². The van der Waals surface area contributed by atoms with Crippen molar-refractivity contribution in [3.05, 3.63) is 59.7 Å². The highest BCUT2D eigenvalue weighted by Gasteiger charge is 2.43. The molecule has 2 atom stereocenters. The number of halogens is 1. The fraction of sp³-hybridized carbons (Fsp3) is 0.368. The average Bonchev–Trinajstić information content (AvgIpc) is 2.59. The normalized spacial score (nSPS) is 21.7. The Labute approximate surface area is 156 Å². The van der Waals surface area contributed by atoms with Gasteiger partial charge in [-0.05, 0) is 12.0 Å². The lowest BCUT2D eigenvalue weighted by Crippen LogP contribution is -2.40. The molecule has 1 aromatic rings. The van der Waals surface area contributed by atoms with Crippen molar-refractivity contribution in [3.8, 4) is 0 Å². The van der Waals surface area contributed by atoms with Gasteiger partial charge < -0.3 is 14.9 Å². The molecule has 2 N–H and O–H groups in total. The lowest BCUT2D eigenvalue weighted by Gasteiger charge is -2.29. The molecule has 1 aliphatic carbocycles. The molecule has 6 heteroatoms. The van der Waals surface area contributed by atoms with Gasteiger partial charge in [-0.25, -0.2) is 4.79 Å². The number of benzene rings is 1. The number of hydrogen-bond acceptors (Lipinski definition) is 3. The lowest BCUT2D eigenvalue weighted by atomic mass is 9.83. The summed E-state index contributed by atoms with van der Waals surface area (Å²) in [6, 6.07) is 10.2. The Morgan fingerprint density at radius 3 is 2.40 bits per heavy atom. The van der Waals surface area contributed by atoms with E-state index in [9.17, 15) is 9.59 Å². The molecule has 0 heterocycles. The predicted octanol–water partition coefficient (Wildman–Crippen LogP) is 4.03. The fourth-order valence-corrected chi connectivity index (χ4v) is 2.63. The Bertz CT molecular complexity index is 638. The molecule has 0 saturated heterocycles. The smallest absolute Gasteiger partial charge is 0.331 e. The Morgan fingerprint density at radius 1 is 1.24 bits per heavy atom. The SMILES string of the molecule is CC1C(C(=O)O)=CC=CC1(Br)C(=O)O.CCCOCc1ccccc1. The van der Waals surface area contributed by atoms with Gasteiger partial charge in [-0.3, -0.25) is 4.79 Å². The molecule has 1 aromatic carbocycles. The largest absolute Gasteiger partial charge is 0.480 e. The molecule has 0 amide bonds. The van der Waals surface area contributed by atoms with E-state index in [1.165, 1.54) is 23.8 Å². The first-order chi connectivity index (χ1) is 11.8. The van der Waals surface area contributed by atoms with Gasteiger partial charge in [0.05, 0.1) is 6.61 Å². The Balaban J connectivity index is 0.000000257. The average molecular weight is 411 g/mol. The molecule has 0 spiro atoms. The number of ether oxygens (including phenoxy) is 1. The van der Waals surface area contributed by atoms with Crippen molar-refractivity contribution in [2.75, 3.05) is 6.61 Å². The number of carbonyl (C=O) groups is 2. The van der Waals surface area contributed by atoms with Crippen molar-refractivity contribution in [2.45, 2.75) is 31.2 Å². The molecule has 0 bridgehead atoms. The van der Waals surface area contributed by atoms with E-state index in [1.807, 2.05) is 18.2 Å². The highest BCUT2D eigenvalue weighted by Crippen LogP contribution is 2.37. The molecular weight excluding hydrogens is 388 g/mol. The van der Waals surface area contributed by atoms with Gasteiger partial charge in [0.15, 0.2) is 0 Å². The van der Waals surface area contributed by atoms with Crippen LogP contribution in [-0.4, -0.2) is 33.1 Å². The lowest BCUT2D eigenvalue weighted by molar-refractivity contribution is -0.139. The zero-order chi connectivity index (χ0) is 18.9. The summed E-state index contributed by atoms with van der Waals surface area (Å²) >= 11 is 3.04. The van der Waals surface area contributed by atoms with Crippen molar-refractivity contribution in [1.82, 2.24) is 0 Å². The Kier molecular flexibility index (Phi) is 8.58. The minimum Gasteiger partial charge on any atom is -0.480 e. The van der Waals surface area contributed by atoms with Gasteiger partial charge in [-0.1, -0.05) is 78.3 Å². The number of rotatable bonds is 6. The number of carboxylic acids is 2. The van der Waals surface area contributed by atoms with E-state index in [0.29, 0.717) is 0 Å². The van der Waals surface area contributed by atoms with E-state index < -0.39 is 22.2 Å². The van der Waals surface area contributed by atoms with E-state index in [1.54, 1.807) is 6.92 Å². The Hall–Kier alpha value is -1.92. The third kappa shape index (κ3) is 6.14. The van der Waals surface area contributed by atoms with Crippen LogP contribution in [0.4, 0.5) is 0 Å². The van der Waals surface area contributed by atoms with Gasteiger partial charge in [0.25, 0.3) is 0 Å². The summed E-state index contributed by atoms with van der Waals surface area (Å²) in [7, 11) is 0. The molecule has 0 radical (unpaired) electrons. The van der Waals surface area contributed by atoms with Gasteiger partial charge in [0.2, 0.25) is 0 Å². The monoisotopic (exact) mass is 410 g/mol. The van der Waals surface area contributed by atoms with Gasteiger partial charge >= 0.3 is 11.9 Å². The van der Waals surface area contributed by atoms with Crippen molar-refractivity contribution in [3.63, 3.8) is 0 Å². The standard InChI is InChI=1S/C10H14O.C9H9BrO4/c1-2-8-11-9-10-6-4-3-5-7-10;1-5-6(7(11)12)3-2-4-9(5,10)8(13)14/h3-7H,2,8-9H2,1H3;2-5H,1H3,(H,11,12)(H,13,14). The molecule has 0 saturated carbocycles. The topological polar surface area (TPSA) is 83.8 Å². The molecule has 25 heavy (non-hydrogen) atoms. The maximum absolute atomic E-state index is 10.9. The molecule has 0 fully saturated rings. The summed E-state index contributed by atoms with van der Waals surface area (Å²) in [5.74, 6) is -2.79. The van der Waals surface area contributed by atoms with Gasteiger partial charge in [0, 0.05) is 18.1 Å². The van der Waals surface area contributed by atoms with Crippen LogP contribution in [0.5, 0.6) is 0 Å². The quantitative estimate of drug-likeness (QED) is 0.546. The van der Waals surface area contributed by atoms with Crippen LogP contribution in [0, 0.1) is 5.92 Å². The van der Waals surface area contributed by atoms with E-state index >= 15 is 0 Å². The highest BCUT2D eigenvalue weighted by molar-refractivity contribution is 9.10. The van der Waals surface area contributed by atoms with Crippen LogP contribution in [0.1, 0.15) is 25.8 Å². The summed E-state index contributed by atoms with van der Waals surface area (Å²) in [6.45, 7) is 5.28. The van der Waals surface area contributed by atoms with E-state index in [2.05, 4.69) is 35.0 Å². The predicted molar refractivity (Wildman–Crippen MR) is 99.7 cm³/mol. The first-order valence-electron chi connectivity index (χ1n) is 7.99. The molecular formula is C19H23BrO5. The van der Waals surface area contributed by atoms with Crippen LogP contribution in [0.3, 0.4) is 0 Å². The number of alkyl halides is 1. The molecule has 1 aliphatic rings. The van der Waals surface area contributed by atoms with E-state index in [0.717, 1.165) is 19.6 Å². The molecule has 2 unspecified atom stereocenters. The number of carboxylic acid groups (broad SMARTS) is 2. The second-order valence-electron chi connectivity index (χ2n) is 5.62. The molecule has 2 rings (SSSR count). The van der Waals surface area contributed by atoms with Crippen molar-refractivity contribution < 1.29 is 24.5 Å². The fourth-order valence-electron chi connectivity index (χ4n) is 2.23. The van der Waals surface area contributed by atoms with Crippen LogP contribution in [-0.2, 0) is 20.9 Å². The van der Waals surface area contributed by atoms with Gasteiger partial charge in [-0.15, -0.1) is 0 Å². The van der Waals surface area contributed by atoms with Crippen LogP contribution in [0.25, 0.3) is 0 Å². The minimum atomic E-state index is -1.31. The van der Waals surface area contributed by atoms with Crippen LogP contribution in [0.2, 0.25) is 0 Å². The second kappa shape index (κ2) is 10.2. The number of aliphatic carboxylic acids is 2. The summed E-state index contributed by atoms with van der Waals surface area (Å²) in [5, 5.41) is 17.8. The molecule has 0 aromatic heterocycles. The van der Waals surface area contributed by atoms with Crippen LogP contribution in [0.15, 0.2) is 54.1 Å².